The number of thiophene rings is 1. The van der Waals surface area contributed by atoms with Gasteiger partial charge < -0.3 is 19.5 Å². The molecule has 1 aliphatic rings. The largest absolute Gasteiger partial charge is 0.496 e. The fourth-order valence-corrected chi connectivity index (χ4v) is 5.08. The second kappa shape index (κ2) is 7.59. The highest BCUT2D eigenvalue weighted by molar-refractivity contribution is 7.17. The van der Waals surface area contributed by atoms with E-state index in [-0.39, 0.29) is 0 Å². The van der Waals surface area contributed by atoms with Crippen molar-refractivity contribution in [2.75, 3.05) is 25.7 Å². The molecule has 0 bridgehead atoms. The first-order valence-corrected chi connectivity index (χ1v) is 10.5. The average molecular weight is 420 g/mol. The Balaban J connectivity index is 1.65. The highest BCUT2D eigenvalue weighted by Gasteiger charge is 2.31. The van der Waals surface area contributed by atoms with E-state index in [1.54, 1.807) is 31.9 Å². The first-order valence-electron chi connectivity index (χ1n) is 9.65. The highest BCUT2D eigenvalue weighted by Crippen LogP contribution is 2.43. The van der Waals surface area contributed by atoms with Gasteiger partial charge in [-0.25, -0.2) is 9.97 Å². The Labute approximate surface area is 178 Å². The third kappa shape index (κ3) is 2.98. The fraction of sp³-hybridized carbons (Fsp3) is 0.217. The Morgan fingerprint density at radius 3 is 2.57 bits per heavy atom. The van der Waals surface area contributed by atoms with Crippen molar-refractivity contribution in [1.29, 1.82) is 0 Å². The molecule has 0 radical (unpaired) electrons. The van der Waals surface area contributed by atoms with Gasteiger partial charge >= 0.3 is 0 Å². The van der Waals surface area contributed by atoms with E-state index >= 15 is 0 Å². The van der Waals surface area contributed by atoms with E-state index in [4.69, 9.17) is 9.47 Å². The summed E-state index contributed by atoms with van der Waals surface area (Å²) in [5, 5.41) is 14.1. The molecule has 7 heteroatoms. The number of fused-ring (bicyclic) bond motifs is 2. The number of hydrogen-bond donors (Lipinski definition) is 1. The van der Waals surface area contributed by atoms with Crippen molar-refractivity contribution < 1.29 is 14.6 Å². The minimum absolute atomic E-state index is 0.409. The van der Waals surface area contributed by atoms with Crippen LogP contribution < -0.4 is 14.4 Å². The minimum Gasteiger partial charge on any atom is -0.496 e. The lowest BCUT2D eigenvalue weighted by Crippen LogP contribution is -2.35. The number of rotatable bonds is 4. The molecular formula is C23H21N3O3S. The number of anilines is 1. The standard InChI is InChI=1S/C23H21N3O3S/c1-28-18-8-9-19(29-2)20-15(18)10-26(11-17(20)27)22-21-16(14-6-4-3-5-7-14)12-30-23(21)25-13-24-22/h3-9,12-13,17,27H,10-11H2,1-2H3/t17-/m0/s1. The summed E-state index contributed by atoms with van der Waals surface area (Å²) in [6.45, 7) is 0.968. The Morgan fingerprint density at radius 2 is 1.80 bits per heavy atom. The predicted molar refractivity (Wildman–Crippen MR) is 118 cm³/mol. The van der Waals surface area contributed by atoms with Crippen LogP contribution in [-0.4, -0.2) is 35.8 Å². The Morgan fingerprint density at radius 1 is 1.03 bits per heavy atom. The molecule has 1 aliphatic heterocycles. The summed E-state index contributed by atoms with van der Waals surface area (Å²) in [7, 11) is 3.26. The van der Waals surface area contributed by atoms with Crippen LogP contribution in [0.3, 0.4) is 0 Å². The molecule has 0 saturated carbocycles. The van der Waals surface area contributed by atoms with E-state index in [2.05, 4.69) is 32.4 Å². The lowest BCUT2D eigenvalue weighted by Gasteiger charge is -2.35. The lowest BCUT2D eigenvalue weighted by molar-refractivity contribution is 0.169. The van der Waals surface area contributed by atoms with Crippen molar-refractivity contribution in [3.05, 3.63) is 65.3 Å². The van der Waals surface area contributed by atoms with E-state index < -0.39 is 6.10 Å². The Kier molecular flexibility index (Phi) is 4.77. The van der Waals surface area contributed by atoms with E-state index in [0.29, 0.717) is 18.8 Å². The van der Waals surface area contributed by atoms with Crippen molar-refractivity contribution in [2.24, 2.45) is 0 Å². The molecule has 0 amide bonds. The molecular weight excluding hydrogens is 398 g/mol. The van der Waals surface area contributed by atoms with Gasteiger partial charge in [0.15, 0.2) is 0 Å². The maximum atomic E-state index is 11.0. The number of benzene rings is 2. The molecule has 0 saturated heterocycles. The molecule has 0 fully saturated rings. The monoisotopic (exact) mass is 419 g/mol. The fourth-order valence-electron chi connectivity index (χ4n) is 4.17. The predicted octanol–water partition coefficient (Wildman–Crippen LogP) is 4.43. The number of methoxy groups -OCH3 is 2. The zero-order chi connectivity index (χ0) is 20.7. The second-order valence-corrected chi connectivity index (χ2v) is 8.01. The van der Waals surface area contributed by atoms with Gasteiger partial charge in [-0.1, -0.05) is 30.3 Å². The number of β-amino-alcohol motifs (C(OH)–C–C–N with tert-alkyl or cyclic N) is 1. The number of aliphatic hydroxyl groups excluding tert-OH is 1. The summed E-state index contributed by atoms with van der Waals surface area (Å²) in [5.41, 5.74) is 3.92. The molecule has 6 nitrogen and oxygen atoms in total. The van der Waals surface area contributed by atoms with Gasteiger partial charge in [0, 0.05) is 28.6 Å². The van der Waals surface area contributed by atoms with Gasteiger partial charge in [-0.3, -0.25) is 0 Å². The van der Waals surface area contributed by atoms with Crippen molar-refractivity contribution in [3.63, 3.8) is 0 Å². The van der Waals surface area contributed by atoms with Gasteiger partial charge in [0.25, 0.3) is 0 Å². The third-order valence-electron chi connectivity index (χ3n) is 5.52. The van der Waals surface area contributed by atoms with Crippen LogP contribution in [0.15, 0.2) is 54.2 Å². The van der Waals surface area contributed by atoms with Gasteiger partial charge in [0.05, 0.1) is 26.2 Å². The molecule has 4 aromatic rings. The van der Waals surface area contributed by atoms with Gasteiger partial charge in [-0.15, -0.1) is 11.3 Å². The molecule has 0 unspecified atom stereocenters. The molecule has 2 aromatic heterocycles. The second-order valence-electron chi connectivity index (χ2n) is 7.15. The first-order chi connectivity index (χ1) is 14.7. The lowest BCUT2D eigenvalue weighted by atomic mass is 9.94. The minimum atomic E-state index is -0.720. The van der Waals surface area contributed by atoms with Crippen molar-refractivity contribution >= 4 is 27.4 Å². The van der Waals surface area contributed by atoms with E-state index in [9.17, 15) is 5.11 Å². The van der Waals surface area contributed by atoms with E-state index in [0.717, 1.165) is 44.0 Å². The van der Waals surface area contributed by atoms with Crippen LogP contribution in [0.5, 0.6) is 11.5 Å². The quantitative estimate of drug-likeness (QED) is 0.528. The normalized spacial score (nSPS) is 15.8. The highest BCUT2D eigenvalue weighted by atomic mass is 32.1. The van der Waals surface area contributed by atoms with Crippen LogP contribution in [0, 0.1) is 0 Å². The van der Waals surface area contributed by atoms with Gasteiger partial charge in [0.1, 0.15) is 34.6 Å². The Bertz CT molecular complexity index is 1210. The van der Waals surface area contributed by atoms with Gasteiger partial charge in [-0.2, -0.15) is 0 Å². The number of nitrogens with zero attached hydrogens (tertiary/aromatic N) is 3. The van der Waals surface area contributed by atoms with Crippen LogP contribution in [0.1, 0.15) is 17.2 Å². The molecule has 152 valence electrons. The summed E-state index contributed by atoms with van der Waals surface area (Å²) in [6.07, 6.45) is 0.871. The SMILES string of the molecule is COc1ccc(OC)c2c1CN(c1ncnc3scc(-c4ccccc4)c13)C[C@@H]2O. The van der Waals surface area contributed by atoms with Gasteiger partial charge in [-0.05, 0) is 17.7 Å². The summed E-state index contributed by atoms with van der Waals surface area (Å²) < 4.78 is 11.1. The van der Waals surface area contributed by atoms with Crippen LogP contribution in [0.2, 0.25) is 0 Å². The number of aromatic nitrogens is 2. The van der Waals surface area contributed by atoms with Crippen LogP contribution in [-0.2, 0) is 6.54 Å². The van der Waals surface area contributed by atoms with Crippen molar-refractivity contribution in [1.82, 2.24) is 9.97 Å². The zero-order valence-electron chi connectivity index (χ0n) is 16.7. The number of ether oxygens (including phenoxy) is 2. The molecule has 2 aromatic carbocycles. The molecule has 30 heavy (non-hydrogen) atoms. The smallest absolute Gasteiger partial charge is 0.141 e. The first kappa shape index (κ1) is 18.8. The van der Waals surface area contributed by atoms with Crippen molar-refractivity contribution in [3.8, 4) is 22.6 Å². The van der Waals surface area contributed by atoms with E-state index in [1.807, 2.05) is 30.3 Å². The third-order valence-corrected chi connectivity index (χ3v) is 6.41. The molecule has 3 heterocycles. The molecule has 5 rings (SSSR count). The molecule has 0 spiro atoms. The van der Waals surface area contributed by atoms with Crippen LogP contribution in [0.25, 0.3) is 21.3 Å². The summed E-state index contributed by atoms with van der Waals surface area (Å²) >= 11 is 1.60. The zero-order valence-corrected chi connectivity index (χ0v) is 17.5. The topological polar surface area (TPSA) is 67.7 Å². The Hall–Kier alpha value is -3.16. The van der Waals surface area contributed by atoms with Crippen LogP contribution >= 0.6 is 11.3 Å². The van der Waals surface area contributed by atoms with E-state index in [1.165, 1.54) is 0 Å². The molecule has 1 atom stereocenters. The molecule has 1 N–H and O–H groups in total. The summed E-state index contributed by atoms with van der Waals surface area (Å²) in [6, 6.07) is 14.0. The maximum absolute atomic E-state index is 11.0. The maximum Gasteiger partial charge on any atom is 0.141 e. The summed E-state index contributed by atoms with van der Waals surface area (Å²) in [4.78, 5) is 12.1. The number of aliphatic hydroxyl groups is 1. The average Bonchev–Trinajstić information content (AvgIpc) is 3.23. The molecule has 0 aliphatic carbocycles. The summed E-state index contributed by atoms with van der Waals surface area (Å²) in [5.74, 6) is 2.22. The van der Waals surface area contributed by atoms with Gasteiger partial charge in [0.2, 0.25) is 0 Å². The van der Waals surface area contributed by atoms with Crippen molar-refractivity contribution in [2.45, 2.75) is 12.6 Å². The van der Waals surface area contributed by atoms with Crippen LogP contribution in [0.4, 0.5) is 5.82 Å². The number of hydrogen-bond acceptors (Lipinski definition) is 7.